The van der Waals surface area contributed by atoms with Gasteiger partial charge in [0.15, 0.2) is 0 Å². The number of benzene rings is 3. The van der Waals surface area contributed by atoms with Crippen LogP contribution in [0.1, 0.15) is 22.9 Å². The zero-order valence-corrected chi connectivity index (χ0v) is 20.0. The van der Waals surface area contributed by atoms with Crippen LogP contribution in [0.3, 0.4) is 0 Å². The third-order valence-electron chi connectivity index (χ3n) is 5.82. The second-order valence-corrected chi connectivity index (χ2v) is 10.3. The zero-order chi connectivity index (χ0) is 22.8. The largest absolute Gasteiger partial charge is 0.340 e. The lowest BCUT2D eigenvalue weighted by atomic mass is 10.1. The van der Waals surface area contributed by atoms with Crippen molar-refractivity contribution in [2.45, 2.75) is 28.5 Å². The SMILES string of the molecule is Cc1ccc(C2SCC(=O)N2C(=O)NCCCN2c3ccccc3Sc3ccccc32)cc1. The van der Waals surface area contributed by atoms with Gasteiger partial charge in [-0.15, -0.1) is 11.8 Å². The van der Waals surface area contributed by atoms with Crippen LogP contribution in [0.25, 0.3) is 0 Å². The molecule has 3 amide bonds. The molecule has 0 spiro atoms. The smallest absolute Gasteiger partial charge is 0.325 e. The number of anilines is 2. The van der Waals surface area contributed by atoms with Gasteiger partial charge in [0.2, 0.25) is 5.91 Å². The van der Waals surface area contributed by atoms with Gasteiger partial charge in [-0.25, -0.2) is 9.69 Å². The zero-order valence-electron chi connectivity index (χ0n) is 18.4. The van der Waals surface area contributed by atoms with Crippen LogP contribution in [0.2, 0.25) is 0 Å². The van der Waals surface area contributed by atoms with Crippen molar-refractivity contribution in [3.63, 3.8) is 0 Å². The van der Waals surface area contributed by atoms with Crippen LogP contribution < -0.4 is 10.2 Å². The van der Waals surface area contributed by atoms with Crippen LogP contribution in [0, 0.1) is 6.92 Å². The Hall–Kier alpha value is -2.90. The molecule has 7 heteroatoms. The first-order valence-corrected chi connectivity index (χ1v) is 12.9. The molecule has 5 nitrogen and oxygen atoms in total. The molecule has 0 aliphatic carbocycles. The van der Waals surface area contributed by atoms with Crippen LogP contribution in [0.4, 0.5) is 16.2 Å². The Morgan fingerprint density at radius 1 is 0.970 bits per heavy atom. The van der Waals surface area contributed by atoms with E-state index < -0.39 is 0 Å². The molecule has 2 heterocycles. The highest BCUT2D eigenvalue weighted by Gasteiger charge is 2.37. The molecule has 1 fully saturated rings. The lowest BCUT2D eigenvalue weighted by Gasteiger charge is -2.32. The number of nitrogens with one attached hydrogen (secondary N) is 1. The molecule has 1 atom stereocenters. The molecule has 3 aromatic carbocycles. The summed E-state index contributed by atoms with van der Waals surface area (Å²) in [5.74, 6) is 0.185. The molecular formula is C26H25N3O2S2. The number of carbonyl (C=O) groups excluding carboxylic acids is 2. The number of para-hydroxylation sites is 2. The number of hydrogen-bond acceptors (Lipinski definition) is 5. The molecule has 168 valence electrons. The summed E-state index contributed by atoms with van der Waals surface area (Å²) < 4.78 is 0. The molecule has 2 aliphatic heterocycles. The summed E-state index contributed by atoms with van der Waals surface area (Å²) in [6.07, 6.45) is 0.767. The first-order chi connectivity index (χ1) is 16.1. The summed E-state index contributed by atoms with van der Waals surface area (Å²) in [4.78, 5) is 31.5. The molecule has 0 radical (unpaired) electrons. The Morgan fingerprint density at radius 2 is 1.61 bits per heavy atom. The van der Waals surface area contributed by atoms with Crippen molar-refractivity contribution in [2.75, 3.05) is 23.7 Å². The molecule has 5 rings (SSSR count). The van der Waals surface area contributed by atoms with E-state index in [0.29, 0.717) is 12.3 Å². The van der Waals surface area contributed by atoms with Crippen LogP contribution >= 0.6 is 23.5 Å². The average molecular weight is 476 g/mol. The predicted octanol–water partition coefficient (Wildman–Crippen LogP) is 5.97. The average Bonchev–Trinajstić information content (AvgIpc) is 3.22. The van der Waals surface area contributed by atoms with E-state index in [2.05, 4.69) is 58.7 Å². The molecule has 0 saturated carbocycles. The van der Waals surface area contributed by atoms with Crippen molar-refractivity contribution < 1.29 is 9.59 Å². The minimum atomic E-state index is -0.314. The molecular weight excluding hydrogens is 450 g/mol. The Balaban J connectivity index is 1.23. The lowest BCUT2D eigenvalue weighted by Crippen LogP contribution is -2.43. The molecule has 2 aliphatic rings. The van der Waals surface area contributed by atoms with Gasteiger partial charge in [-0.3, -0.25) is 4.79 Å². The maximum absolute atomic E-state index is 12.9. The van der Waals surface area contributed by atoms with E-state index in [-0.39, 0.29) is 17.3 Å². The molecule has 3 aromatic rings. The number of carbonyl (C=O) groups is 2. The van der Waals surface area contributed by atoms with Crippen molar-refractivity contribution in [2.24, 2.45) is 0 Å². The Bertz CT molecular complexity index is 1140. The van der Waals surface area contributed by atoms with E-state index in [1.165, 1.54) is 37.8 Å². The number of fused-ring (bicyclic) bond motifs is 2. The predicted molar refractivity (Wildman–Crippen MR) is 135 cm³/mol. The normalized spacial score (nSPS) is 17.0. The molecule has 0 bridgehead atoms. The van der Waals surface area contributed by atoms with Gasteiger partial charge in [-0.05, 0) is 43.2 Å². The third kappa shape index (κ3) is 4.48. The molecule has 33 heavy (non-hydrogen) atoms. The maximum atomic E-state index is 12.9. The second-order valence-electron chi connectivity index (χ2n) is 8.11. The third-order valence-corrected chi connectivity index (χ3v) is 8.16. The van der Waals surface area contributed by atoms with Gasteiger partial charge in [-0.2, -0.15) is 0 Å². The fraction of sp³-hybridized carbons (Fsp3) is 0.231. The van der Waals surface area contributed by atoms with Crippen molar-refractivity contribution in [1.29, 1.82) is 0 Å². The fourth-order valence-corrected chi connectivity index (χ4v) is 6.41. The number of amides is 3. The first kappa shape index (κ1) is 21.9. The van der Waals surface area contributed by atoms with Crippen molar-refractivity contribution in [3.8, 4) is 0 Å². The summed E-state index contributed by atoms with van der Waals surface area (Å²) in [7, 11) is 0. The summed E-state index contributed by atoms with van der Waals surface area (Å²) in [5.41, 5.74) is 4.52. The monoisotopic (exact) mass is 475 g/mol. The Kier molecular flexibility index (Phi) is 6.33. The van der Waals surface area contributed by atoms with Gasteiger partial charge in [0.1, 0.15) is 5.37 Å². The summed E-state index contributed by atoms with van der Waals surface area (Å²) in [6.45, 7) is 3.31. The van der Waals surface area contributed by atoms with Gasteiger partial charge in [0, 0.05) is 22.9 Å². The summed E-state index contributed by atoms with van der Waals surface area (Å²) in [5, 5.41) is 2.71. The van der Waals surface area contributed by atoms with Crippen LogP contribution in [-0.2, 0) is 4.79 Å². The number of imide groups is 1. The Labute approximate surface area is 202 Å². The van der Waals surface area contributed by atoms with Crippen molar-refractivity contribution in [1.82, 2.24) is 10.2 Å². The van der Waals surface area contributed by atoms with E-state index in [0.717, 1.165) is 24.1 Å². The number of hydrogen-bond donors (Lipinski definition) is 1. The highest BCUT2D eigenvalue weighted by atomic mass is 32.2. The van der Waals surface area contributed by atoms with Gasteiger partial charge in [0.25, 0.3) is 0 Å². The van der Waals surface area contributed by atoms with Gasteiger partial charge in [-0.1, -0.05) is 65.9 Å². The minimum absolute atomic E-state index is 0.140. The van der Waals surface area contributed by atoms with E-state index in [4.69, 9.17) is 0 Å². The molecule has 1 saturated heterocycles. The van der Waals surface area contributed by atoms with Gasteiger partial charge >= 0.3 is 6.03 Å². The Morgan fingerprint density at radius 3 is 2.27 bits per heavy atom. The lowest BCUT2D eigenvalue weighted by molar-refractivity contribution is -0.125. The van der Waals surface area contributed by atoms with Crippen LogP contribution in [0.5, 0.6) is 0 Å². The maximum Gasteiger partial charge on any atom is 0.325 e. The number of nitrogens with zero attached hydrogens (tertiary/aromatic N) is 2. The highest BCUT2D eigenvalue weighted by molar-refractivity contribution is 8.00. The van der Waals surface area contributed by atoms with E-state index in [1.807, 2.05) is 31.2 Å². The van der Waals surface area contributed by atoms with Crippen molar-refractivity contribution in [3.05, 3.63) is 83.9 Å². The topological polar surface area (TPSA) is 52.7 Å². The summed E-state index contributed by atoms with van der Waals surface area (Å²) in [6, 6.07) is 24.5. The standard InChI is InChI=1S/C26H25N3O2S2/c1-18-11-13-19(14-12-18)25-29(24(30)17-32-25)26(31)27-15-6-16-28-20-7-2-4-9-22(20)33-23-10-5-3-8-21(23)28/h2-5,7-14,25H,6,15-17H2,1H3,(H,27,31). The minimum Gasteiger partial charge on any atom is -0.340 e. The van der Waals surface area contributed by atoms with Crippen molar-refractivity contribution >= 4 is 46.8 Å². The van der Waals surface area contributed by atoms with E-state index in [1.54, 1.807) is 11.8 Å². The molecule has 1 N–H and O–H groups in total. The number of aryl methyl sites for hydroxylation is 1. The van der Waals surface area contributed by atoms with Crippen LogP contribution in [-0.4, -0.2) is 35.7 Å². The quantitative estimate of drug-likeness (QED) is 0.461. The molecule has 0 aromatic heterocycles. The fourth-order valence-electron chi connectivity index (χ4n) is 4.16. The van der Waals surface area contributed by atoms with Crippen LogP contribution in [0.15, 0.2) is 82.6 Å². The number of rotatable bonds is 5. The second kappa shape index (κ2) is 9.53. The number of thioether (sulfide) groups is 1. The summed E-state index contributed by atoms with van der Waals surface area (Å²) >= 11 is 3.29. The highest BCUT2D eigenvalue weighted by Crippen LogP contribution is 2.47. The molecule has 1 unspecified atom stereocenters. The van der Waals surface area contributed by atoms with Gasteiger partial charge < -0.3 is 10.2 Å². The number of urea groups is 1. The first-order valence-electron chi connectivity index (χ1n) is 11.0. The van der Waals surface area contributed by atoms with Gasteiger partial charge in [0.05, 0.1) is 17.1 Å². The van der Waals surface area contributed by atoms with E-state index >= 15 is 0 Å². The van der Waals surface area contributed by atoms with E-state index in [9.17, 15) is 9.59 Å².